The Labute approximate surface area is 183 Å². The van der Waals surface area contributed by atoms with Crippen molar-refractivity contribution in [3.05, 3.63) is 65.5 Å². The van der Waals surface area contributed by atoms with Gasteiger partial charge in [0.25, 0.3) is 0 Å². The van der Waals surface area contributed by atoms with Gasteiger partial charge >= 0.3 is 0 Å². The van der Waals surface area contributed by atoms with Crippen LogP contribution in [0.5, 0.6) is 0 Å². The Bertz CT molecular complexity index is 830. The minimum absolute atomic E-state index is 0.0679. The maximum atomic E-state index is 14.3. The number of aromatic nitrogens is 1. The highest BCUT2D eigenvalue weighted by atomic mass is 19.1. The van der Waals surface area contributed by atoms with Gasteiger partial charge in [-0.05, 0) is 51.2 Å². The molecule has 0 saturated carbocycles. The van der Waals surface area contributed by atoms with Crippen LogP contribution in [0.3, 0.4) is 0 Å². The Hall–Kier alpha value is -2.58. The molecule has 1 unspecified atom stereocenters. The molecule has 0 aliphatic carbocycles. The topological polar surface area (TPSA) is 55.8 Å². The summed E-state index contributed by atoms with van der Waals surface area (Å²) in [5, 5.41) is 6.70. The van der Waals surface area contributed by atoms with Crippen LogP contribution < -0.4 is 10.6 Å². The second-order valence-electron chi connectivity index (χ2n) is 8.08. The normalized spacial score (nSPS) is 17.0. The van der Waals surface area contributed by atoms with Gasteiger partial charge in [0.05, 0.1) is 11.7 Å². The molecule has 1 aromatic carbocycles. The predicted octanol–water partition coefficient (Wildman–Crippen LogP) is 2.79. The van der Waals surface area contributed by atoms with E-state index in [9.17, 15) is 8.78 Å². The minimum atomic E-state index is -0.538. The molecule has 2 aromatic rings. The largest absolute Gasteiger partial charge is 0.354 e. The van der Waals surface area contributed by atoms with Crippen LogP contribution in [0, 0.1) is 11.6 Å². The second kappa shape index (κ2) is 11.2. The van der Waals surface area contributed by atoms with Crippen molar-refractivity contribution in [1.29, 1.82) is 0 Å². The van der Waals surface area contributed by atoms with Crippen molar-refractivity contribution in [2.75, 3.05) is 40.8 Å². The molecule has 168 valence electrons. The van der Waals surface area contributed by atoms with Crippen LogP contribution in [0.25, 0.3) is 0 Å². The quantitative estimate of drug-likeness (QED) is 0.523. The van der Waals surface area contributed by atoms with Crippen molar-refractivity contribution in [3.63, 3.8) is 0 Å². The maximum Gasteiger partial charge on any atom is 0.191 e. The van der Waals surface area contributed by atoms with Crippen LogP contribution >= 0.6 is 0 Å². The summed E-state index contributed by atoms with van der Waals surface area (Å²) in [5.41, 5.74) is 1.15. The number of pyridine rings is 1. The molecule has 1 atom stereocenters. The highest BCUT2D eigenvalue weighted by molar-refractivity contribution is 5.80. The van der Waals surface area contributed by atoms with Gasteiger partial charge in [0.2, 0.25) is 0 Å². The average Bonchev–Trinajstić information content (AvgIpc) is 2.76. The zero-order valence-corrected chi connectivity index (χ0v) is 18.5. The SMILES string of the molecule is CN=C(NCC(c1c(F)cccc1F)N(C)C)NC1CCN(Cc2ccccn2)CC1. The Morgan fingerprint density at radius 3 is 2.45 bits per heavy atom. The van der Waals surface area contributed by atoms with Gasteiger partial charge in [0.15, 0.2) is 5.96 Å². The van der Waals surface area contributed by atoms with Gasteiger partial charge in [-0.2, -0.15) is 0 Å². The standard InChI is InChI=1S/C23H32F2N6/c1-26-23(28-15-21(30(2)3)22-19(24)8-6-9-20(22)25)29-17-10-13-31(14-11-17)16-18-7-4-5-12-27-18/h4-9,12,17,21H,10-11,13-16H2,1-3H3,(H2,26,28,29). The summed E-state index contributed by atoms with van der Waals surface area (Å²) >= 11 is 0. The number of nitrogens with one attached hydrogen (secondary N) is 2. The molecular weight excluding hydrogens is 398 g/mol. The molecule has 2 N–H and O–H groups in total. The van der Waals surface area contributed by atoms with E-state index in [0.29, 0.717) is 18.5 Å². The van der Waals surface area contributed by atoms with E-state index in [4.69, 9.17) is 0 Å². The Kier molecular flexibility index (Phi) is 8.31. The van der Waals surface area contributed by atoms with Crippen LogP contribution in [0.1, 0.15) is 30.1 Å². The summed E-state index contributed by atoms with van der Waals surface area (Å²) in [6.07, 6.45) is 3.81. The van der Waals surface area contributed by atoms with Crippen LogP contribution in [0.4, 0.5) is 8.78 Å². The average molecular weight is 431 g/mol. The zero-order chi connectivity index (χ0) is 22.2. The highest BCUT2D eigenvalue weighted by Crippen LogP contribution is 2.24. The lowest BCUT2D eigenvalue weighted by molar-refractivity contribution is 0.196. The molecule has 0 spiro atoms. The third-order valence-corrected chi connectivity index (χ3v) is 5.68. The number of hydrogen-bond acceptors (Lipinski definition) is 4. The van der Waals surface area contributed by atoms with E-state index < -0.39 is 17.7 Å². The number of hydrogen-bond donors (Lipinski definition) is 2. The molecule has 1 fully saturated rings. The van der Waals surface area contributed by atoms with Gasteiger partial charge in [-0.3, -0.25) is 14.9 Å². The first-order chi connectivity index (χ1) is 15.0. The van der Waals surface area contributed by atoms with E-state index in [1.165, 1.54) is 18.2 Å². The molecule has 1 aromatic heterocycles. The molecule has 0 amide bonds. The van der Waals surface area contributed by atoms with E-state index >= 15 is 0 Å². The lowest BCUT2D eigenvalue weighted by Gasteiger charge is -2.33. The van der Waals surface area contributed by atoms with E-state index in [-0.39, 0.29) is 5.56 Å². The Morgan fingerprint density at radius 2 is 1.87 bits per heavy atom. The first-order valence-electron chi connectivity index (χ1n) is 10.7. The molecule has 0 bridgehead atoms. The Morgan fingerprint density at radius 1 is 1.16 bits per heavy atom. The summed E-state index contributed by atoms with van der Waals surface area (Å²) in [4.78, 5) is 12.9. The fraction of sp³-hybridized carbons (Fsp3) is 0.478. The van der Waals surface area contributed by atoms with E-state index in [1.807, 2.05) is 32.4 Å². The molecular formula is C23H32F2N6. The molecule has 8 heteroatoms. The van der Waals surface area contributed by atoms with Crippen molar-refractivity contribution in [2.45, 2.75) is 31.5 Å². The smallest absolute Gasteiger partial charge is 0.191 e. The van der Waals surface area contributed by atoms with E-state index in [0.717, 1.165) is 38.2 Å². The lowest BCUT2D eigenvalue weighted by Crippen LogP contribution is -2.49. The monoisotopic (exact) mass is 430 g/mol. The maximum absolute atomic E-state index is 14.3. The number of likely N-dealkylation sites (N-methyl/N-ethyl adjacent to an activating group) is 1. The molecule has 31 heavy (non-hydrogen) atoms. The summed E-state index contributed by atoms with van der Waals surface area (Å²) in [6, 6.07) is 9.81. The number of likely N-dealkylation sites (tertiary alicyclic amines) is 1. The molecule has 1 saturated heterocycles. The summed E-state index contributed by atoms with van der Waals surface area (Å²) in [6.45, 7) is 3.15. The molecule has 1 aliphatic heterocycles. The first kappa shape index (κ1) is 23.1. The van der Waals surface area contributed by atoms with Gasteiger partial charge in [0.1, 0.15) is 11.6 Å². The minimum Gasteiger partial charge on any atom is -0.354 e. The third kappa shape index (κ3) is 6.45. The highest BCUT2D eigenvalue weighted by Gasteiger charge is 2.24. The Balaban J connectivity index is 1.51. The van der Waals surface area contributed by atoms with Crippen molar-refractivity contribution in [2.24, 2.45) is 4.99 Å². The summed E-state index contributed by atoms with van der Waals surface area (Å²) in [5.74, 6) is -0.431. The van der Waals surface area contributed by atoms with Crippen molar-refractivity contribution < 1.29 is 8.78 Å². The fourth-order valence-corrected chi connectivity index (χ4v) is 3.91. The zero-order valence-electron chi connectivity index (χ0n) is 18.5. The molecule has 2 heterocycles. The molecule has 3 rings (SSSR count). The number of piperidine rings is 1. The molecule has 1 aliphatic rings. The van der Waals surface area contributed by atoms with Crippen LogP contribution in [0.15, 0.2) is 47.6 Å². The summed E-state index contributed by atoms with van der Waals surface area (Å²) < 4.78 is 28.6. The van der Waals surface area contributed by atoms with E-state index in [2.05, 4.69) is 31.6 Å². The number of nitrogens with zero attached hydrogens (tertiary/aromatic N) is 4. The van der Waals surface area contributed by atoms with Gasteiger partial charge in [-0.1, -0.05) is 12.1 Å². The van der Waals surface area contributed by atoms with Gasteiger partial charge < -0.3 is 15.5 Å². The lowest BCUT2D eigenvalue weighted by atomic mass is 10.0. The van der Waals surface area contributed by atoms with Crippen molar-refractivity contribution in [3.8, 4) is 0 Å². The van der Waals surface area contributed by atoms with Crippen LogP contribution in [-0.2, 0) is 6.54 Å². The molecule has 6 nitrogen and oxygen atoms in total. The van der Waals surface area contributed by atoms with Crippen molar-refractivity contribution >= 4 is 5.96 Å². The van der Waals surface area contributed by atoms with E-state index in [1.54, 1.807) is 11.9 Å². The van der Waals surface area contributed by atoms with Gasteiger partial charge in [-0.15, -0.1) is 0 Å². The second-order valence-corrected chi connectivity index (χ2v) is 8.08. The number of benzene rings is 1. The van der Waals surface area contributed by atoms with Crippen molar-refractivity contribution in [1.82, 2.24) is 25.4 Å². The number of rotatable bonds is 7. The predicted molar refractivity (Wildman–Crippen MR) is 120 cm³/mol. The first-order valence-corrected chi connectivity index (χ1v) is 10.7. The van der Waals surface area contributed by atoms with Crippen LogP contribution in [0.2, 0.25) is 0 Å². The van der Waals surface area contributed by atoms with Gasteiger partial charge in [0, 0.05) is 51.0 Å². The van der Waals surface area contributed by atoms with Crippen LogP contribution in [-0.4, -0.2) is 67.6 Å². The fourth-order valence-electron chi connectivity index (χ4n) is 3.91. The third-order valence-electron chi connectivity index (χ3n) is 5.68. The molecule has 0 radical (unpaired) electrons. The van der Waals surface area contributed by atoms with Gasteiger partial charge in [-0.25, -0.2) is 8.78 Å². The number of aliphatic imine (C=N–C) groups is 1. The summed E-state index contributed by atoms with van der Waals surface area (Å²) in [7, 11) is 5.33. The number of halogens is 2. The number of guanidine groups is 1.